The molecule has 116 valence electrons. The van der Waals surface area contributed by atoms with E-state index >= 15 is 0 Å². The summed E-state index contributed by atoms with van der Waals surface area (Å²) in [7, 11) is 0. The van der Waals surface area contributed by atoms with Crippen LogP contribution in [0.4, 0.5) is 0 Å². The van der Waals surface area contributed by atoms with Crippen LogP contribution in [0.3, 0.4) is 0 Å². The van der Waals surface area contributed by atoms with Crippen LogP contribution in [-0.4, -0.2) is 27.8 Å². The SMILES string of the molecule is O=C(OCc1coc(C2CC2)n1)c1cn[nH]c1C1CCCO1. The van der Waals surface area contributed by atoms with Crippen LogP contribution in [0.1, 0.15) is 65.3 Å². The highest BCUT2D eigenvalue weighted by Gasteiger charge is 2.29. The Morgan fingerprint density at radius 1 is 1.41 bits per heavy atom. The summed E-state index contributed by atoms with van der Waals surface area (Å²) >= 11 is 0. The van der Waals surface area contributed by atoms with Gasteiger partial charge in [-0.15, -0.1) is 0 Å². The van der Waals surface area contributed by atoms with Crippen molar-refractivity contribution >= 4 is 5.97 Å². The highest BCUT2D eigenvalue weighted by atomic mass is 16.5. The van der Waals surface area contributed by atoms with Crippen molar-refractivity contribution in [1.29, 1.82) is 0 Å². The Hall–Kier alpha value is -2.15. The van der Waals surface area contributed by atoms with Crippen molar-refractivity contribution in [2.75, 3.05) is 6.61 Å². The van der Waals surface area contributed by atoms with Gasteiger partial charge in [-0.2, -0.15) is 5.10 Å². The van der Waals surface area contributed by atoms with Crippen molar-refractivity contribution in [1.82, 2.24) is 15.2 Å². The molecule has 2 aliphatic rings. The van der Waals surface area contributed by atoms with Gasteiger partial charge in [0.25, 0.3) is 0 Å². The van der Waals surface area contributed by atoms with Gasteiger partial charge in [-0.25, -0.2) is 9.78 Å². The fraction of sp³-hybridized carbons (Fsp3) is 0.533. The minimum absolute atomic E-state index is 0.0985. The van der Waals surface area contributed by atoms with E-state index in [1.54, 1.807) is 6.26 Å². The van der Waals surface area contributed by atoms with E-state index in [-0.39, 0.29) is 12.7 Å². The fourth-order valence-electron chi connectivity index (χ4n) is 2.63. The van der Waals surface area contributed by atoms with Crippen LogP contribution >= 0.6 is 0 Å². The zero-order chi connectivity index (χ0) is 14.9. The molecule has 1 unspecified atom stereocenters. The number of nitrogens with one attached hydrogen (secondary N) is 1. The fourth-order valence-corrected chi connectivity index (χ4v) is 2.63. The van der Waals surface area contributed by atoms with Crippen molar-refractivity contribution in [2.24, 2.45) is 0 Å². The van der Waals surface area contributed by atoms with Gasteiger partial charge < -0.3 is 13.9 Å². The van der Waals surface area contributed by atoms with Crippen molar-refractivity contribution < 1.29 is 18.7 Å². The summed E-state index contributed by atoms with van der Waals surface area (Å²) in [5.41, 5.74) is 1.76. The molecule has 1 atom stereocenters. The monoisotopic (exact) mass is 303 g/mol. The summed E-state index contributed by atoms with van der Waals surface area (Å²) in [4.78, 5) is 16.5. The van der Waals surface area contributed by atoms with Gasteiger partial charge in [0.15, 0.2) is 5.89 Å². The molecule has 1 saturated heterocycles. The van der Waals surface area contributed by atoms with Crippen molar-refractivity contribution in [3.8, 4) is 0 Å². The molecule has 3 heterocycles. The Morgan fingerprint density at radius 3 is 3.09 bits per heavy atom. The molecule has 1 aliphatic carbocycles. The van der Waals surface area contributed by atoms with Gasteiger partial charge in [-0.3, -0.25) is 5.10 Å². The topological polar surface area (TPSA) is 90.2 Å². The van der Waals surface area contributed by atoms with Crippen LogP contribution in [0.15, 0.2) is 16.9 Å². The lowest BCUT2D eigenvalue weighted by Gasteiger charge is -2.09. The number of esters is 1. The molecule has 7 heteroatoms. The van der Waals surface area contributed by atoms with E-state index in [1.165, 1.54) is 6.20 Å². The summed E-state index contributed by atoms with van der Waals surface area (Å²) in [5, 5.41) is 6.78. The molecule has 7 nitrogen and oxygen atoms in total. The third-order valence-electron chi connectivity index (χ3n) is 3.99. The number of carbonyl (C=O) groups is 1. The standard InChI is InChI=1S/C15H17N3O4/c19-15(11-6-16-18-13(11)12-2-1-5-20-12)22-8-10-7-21-14(17-10)9-3-4-9/h6-7,9,12H,1-5,8H2,(H,16,18). The highest BCUT2D eigenvalue weighted by molar-refractivity contribution is 5.90. The molecule has 2 aromatic heterocycles. The predicted octanol–water partition coefficient (Wildman–Crippen LogP) is 2.48. The number of H-pyrrole nitrogens is 1. The molecule has 1 N–H and O–H groups in total. The molecule has 0 aromatic carbocycles. The van der Waals surface area contributed by atoms with Gasteiger partial charge in [-0.1, -0.05) is 0 Å². The first-order chi connectivity index (χ1) is 10.8. The van der Waals surface area contributed by atoms with Gasteiger partial charge in [0.1, 0.15) is 24.1 Å². The zero-order valence-electron chi connectivity index (χ0n) is 12.1. The van der Waals surface area contributed by atoms with Crippen LogP contribution in [0.2, 0.25) is 0 Å². The number of aromatic nitrogens is 3. The molecule has 4 rings (SSSR count). The normalized spacial score (nSPS) is 21.2. The number of nitrogens with zero attached hydrogens (tertiary/aromatic N) is 2. The number of ether oxygens (including phenoxy) is 2. The molecule has 1 aliphatic heterocycles. The maximum absolute atomic E-state index is 12.2. The van der Waals surface area contributed by atoms with E-state index in [4.69, 9.17) is 13.9 Å². The van der Waals surface area contributed by atoms with Gasteiger partial charge >= 0.3 is 5.97 Å². The van der Waals surface area contributed by atoms with Crippen LogP contribution in [0.25, 0.3) is 0 Å². The number of carbonyl (C=O) groups excluding carboxylic acids is 1. The number of hydrogen-bond acceptors (Lipinski definition) is 6. The lowest BCUT2D eigenvalue weighted by Crippen LogP contribution is -2.09. The van der Waals surface area contributed by atoms with Crippen molar-refractivity contribution in [2.45, 2.75) is 44.3 Å². The van der Waals surface area contributed by atoms with Crippen molar-refractivity contribution in [3.63, 3.8) is 0 Å². The summed E-state index contributed by atoms with van der Waals surface area (Å²) in [6.07, 6.45) is 7.06. The minimum Gasteiger partial charge on any atom is -0.455 e. The zero-order valence-corrected chi connectivity index (χ0v) is 12.1. The second kappa shape index (κ2) is 5.57. The number of aromatic amines is 1. The Balaban J connectivity index is 1.40. The first-order valence-electron chi connectivity index (χ1n) is 7.57. The Kier molecular flexibility index (Phi) is 3.42. The van der Waals surface area contributed by atoms with E-state index in [9.17, 15) is 4.79 Å². The number of hydrogen-bond donors (Lipinski definition) is 1. The summed E-state index contributed by atoms with van der Waals surface area (Å²) in [6.45, 7) is 0.812. The quantitative estimate of drug-likeness (QED) is 0.853. The van der Waals surface area contributed by atoms with E-state index in [1.807, 2.05) is 0 Å². The summed E-state index contributed by atoms with van der Waals surface area (Å²) in [5.74, 6) is 0.772. The van der Waals surface area contributed by atoms with Gasteiger partial charge in [0.2, 0.25) is 0 Å². The third kappa shape index (κ3) is 2.64. The molecule has 0 radical (unpaired) electrons. The number of oxazole rings is 1. The van der Waals surface area contributed by atoms with Crippen LogP contribution in [0, 0.1) is 0 Å². The van der Waals surface area contributed by atoms with Crippen molar-refractivity contribution in [3.05, 3.63) is 35.3 Å². The lowest BCUT2D eigenvalue weighted by atomic mass is 10.1. The maximum atomic E-state index is 12.2. The average molecular weight is 303 g/mol. The van der Waals surface area contributed by atoms with E-state index in [0.717, 1.165) is 31.6 Å². The number of rotatable bonds is 5. The van der Waals surface area contributed by atoms with Gasteiger partial charge in [0, 0.05) is 12.5 Å². The van der Waals surface area contributed by atoms with Crippen LogP contribution in [-0.2, 0) is 16.1 Å². The molecule has 0 amide bonds. The molecule has 0 spiro atoms. The second-order valence-electron chi connectivity index (χ2n) is 5.73. The molecule has 22 heavy (non-hydrogen) atoms. The molecule has 2 fully saturated rings. The Bertz CT molecular complexity index is 668. The summed E-state index contributed by atoms with van der Waals surface area (Å²) in [6, 6.07) is 0. The smallest absolute Gasteiger partial charge is 0.342 e. The van der Waals surface area contributed by atoms with E-state index < -0.39 is 5.97 Å². The maximum Gasteiger partial charge on any atom is 0.342 e. The second-order valence-corrected chi connectivity index (χ2v) is 5.73. The third-order valence-corrected chi connectivity index (χ3v) is 3.99. The Morgan fingerprint density at radius 2 is 2.32 bits per heavy atom. The largest absolute Gasteiger partial charge is 0.455 e. The molecular formula is C15H17N3O4. The van der Waals surface area contributed by atoms with Gasteiger partial charge in [0.05, 0.1) is 18.0 Å². The van der Waals surface area contributed by atoms with Crippen LogP contribution in [0.5, 0.6) is 0 Å². The Labute approximate surface area is 127 Å². The van der Waals surface area contributed by atoms with Gasteiger partial charge in [-0.05, 0) is 25.7 Å². The first kappa shape index (κ1) is 13.5. The molecule has 2 aromatic rings. The average Bonchev–Trinajstić information content (AvgIpc) is 3.01. The molecular weight excluding hydrogens is 286 g/mol. The molecule has 0 bridgehead atoms. The highest BCUT2D eigenvalue weighted by Crippen LogP contribution is 2.39. The summed E-state index contributed by atoms with van der Waals surface area (Å²) < 4.78 is 16.3. The first-order valence-corrected chi connectivity index (χ1v) is 7.57. The van der Waals surface area contributed by atoms with Crippen LogP contribution < -0.4 is 0 Å². The van der Waals surface area contributed by atoms with E-state index in [0.29, 0.717) is 29.5 Å². The van der Waals surface area contributed by atoms with E-state index in [2.05, 4.69) is 15.2 Å². The lowest BCUT2D eigenvalue weighted by molar-refractivity contribution is 0.0456. The molecule has 1 saturated carbocycles. The predicted molar refractivity (Wildman–Crippen MR) is 74.1 cm³/mol. The minimum atomic E-state index is -0.421.